The summed E-state index contributed by atoms with van der Waals surface area (Å²) < 4.78 is 0. The Labute approximate surface area is 110 Å². The minimum absolute atomic E-state index is 0.833. The predicted molar refractivity (Wildman–Crippen MR) is 79.8 cm³/mol. The first-order chi connectivity index (χ1) is 8.65. The van der Waals surface area contributed by atoms with Gasteiger partial charge in [0.2, 0.25) is 0 Å². The van der Waals surface area contributed by atoms with Crippen LogP contribution in [0.3, 0.4) is 0 Å². The number of nitrogens with two attached hydrogens (primary N) is 1. The zero-order chi connectivity index (χ0) is 13.1. The fourth-order valence-electron chi connectivity index (χ4n) is 2.33. The minimum Gasteiger partial charge on any atom is -0.399 e. The Morgan fingerprint density at radius 1 is 0.889 bits per heavy atom. The van der Waals surface area contributed by atoms with Crippen LogP contribution in [-0.4, -0.2) is 0 Å². The summed E-state index contributed by atoms with van der Waals surface area (Å²) >= 11 is 0. The molecule has 1 nitrogen and oxygen atoms in total. The smallest absolute Gasteiger partial charge is 0.0320 e. The molecule has 2 aromatic rings. The number of nitrogen functional groups attached to an aromatic ring is 1. The number of aryl methyl sites for hydroxylation is 3. The average Bonchev–Trinajstić information content (AvgIpc) is 2.40. The molecule has 0 heterocycles. The monoisotopic (exact) mass is 239 g/mol. The van der Waals surface area contributed by atoms with E-state index in [0.717, 1.165) is 18.5 Å². The van der Waals surface area contributed by atoms with Gasteiger partial charge in [0.15, 0.2) is 0 Å². The van der Waals surface area contributed by atoms with Crippen molar-refractivity contribution in [2.24, 2.45) is 0 Å². The number of hydrogen-bond donors (Lipinski definition) is 1. The summed E-state index contributed by atoms with van der Waals surface area (Å²) in [7, 11) is 0. The molecule has 0 aromatic heterocycles. The molecule has 0 fully saturated rings. The lowest BCUT2D eigenvalue weighted by Gasteiger charge is -2.13. The highest BCUT2D eigenvalue weighted by Crippen LogP contribution is 2.30. The summed E-state index contributed by atoms with van der Waals surface area (Å²) in [4.78, 5) is 0. The molecule has 1 heteroatoms. The molecule has 18 heavy (non-hydrogen) atoms. The molecule has 2 aromatic carbocycles. The van der Waals surface area contributed by atoms with Crippen LogP contribution in [0.4, 0.5) is 5.69 Å². The Balaban J connectivity index is 2.64. The second kappa shape index (κ2) is 5.26. The maximum Gasteiger partial charge on any atom is 0.0320 e. The van der Waals surface area contributed by atoms with Crippen LogP contribution in [0.2, 0.25) is 0 Å². The zero-order valence-corrected chi connectivity index (χ0v) is 11.5. The zero-order valence-electron chi connectivity index (χ0n) is 11.5. The van der Waals surface area contributed by atoms with Crippen LogP contribution in [0.25, 0.3) is 11.1 Å². The Kier molecular flexibility index (Phi) is 3.71. The molecule has 2 N–H and O–H groups in total. The van der Waals surface area contributed by atoms with Crippen molar-refractivity contribution in [2.45, 2.75) is 33.6 Å². The highest BCUT2D eigenvalue weighted by atomic mass is 14.5. The van der Waals surface area contributed by atoms with Gasteiger partial charge in [0.25, 0.3) is 0 Å². The molecule has 0 saturated carbocycles. The third-order valence-electron chi connectivity index (χ3n) is 3.52. The lowest BCUT2D eigenvalue weighted by Crippen LogP contribution is -1.94. The molecule has 94 valence electrons. The van der Waals surface area contributed by atoms with E-state index in [1.54, 1.807) is 0 Å². The summed E-state index contributed by atoms with van der Waals surface area (Å²) in [6.45, 7) is 6.54. The van der Waals surface area contributed by atoms with Gasteiger partial charge in [-0.25, -0.2) is 0 Å². The Morgan fingerprint density at radius 2 is 1.67 bits per heavy atom. The van der Waals surface area contributed by atoms with Crippen LogP contribution in [0.1, 0.15) is 30.5 Å². The van der Waals surface area contributed by atoms with E-state index in [9.17, 15) is 0 Å². The summed E-state index contributed by atoms with van der Waals surface area (Å²) in [5.41, 5.74) is 13.4. The molecular weight excluding hydrogens is 218 g/mol. The van der Waals surface area contributed by atoms with E-state index in [1.165, 1.54) is 27.8 Å². The van der Waals surface area contributed by atoms with Gasteiger partial charge < -0.3 is 5.73 Å². The van der Waals surface area contributed by atoms with E-state index >= 15 is 0 Å². The summed E-state index contributed by atoms with van der Waals surface area (Å²) in [5.74, 6) is 0. The van der Waals surface area contributed by atoms with E-state index < -0.39 is 0 Å². The Hall–Kier alpha value is -1.76. The van der Waals surface area contributed by atoms with Gasteiger partial charge in [0.1, 0.15) is 0 Å². The van der Waals surface area contributed by atoms with Crippen molar-refractivity contribution in [3.63, 3.8) is 0 Å². The van der Waals surface area contributed by atoms with Gasteiger partial charge in [-0.05, 0) is 59.7 Å². The quantitative estimate of drug-likeness (QED) is 0.791. The maximum absolute atomic E-state index is 5.93. The first-order valence-corrected chi connectivity index (χ1v) is 6.64. The van der Waals surface area contributed by atoms with E-state index in [4.69, 9.17) is 5.73 Å². The van der Waals surface area contributed by atoms with Gasteiger partial charge in [-0.1, -0.05) is 38.1 Å². The highest BCUT2D eigenvalue weighted by Gasteiger charge is 2.08. The summed E-state index contributed by atoms with van der Waals surface area (Å²) in [5, 5.41) is 0. The van der Waals surface area contributed by atoms with Gasteiger partial charge in [-0.15, -0.1) is 0 Å². The fraction of sp³-hybridized carbons (Fsp3) is 0.294. The Morgan fingerprint density at radius 3 is 2.33 bits per heavy atom. The van der Waals surface area contributed by atoms with Gasteiger partial charge in [-0.2, -0.15) is 0 Å². The van der Waals surface area contributed by atoms with Crippen LogP contribution in [0.5, 0.6) is 0 Å². The van der Waals surface area contributed by atoms with Crippen LogP contribution in [0, 0.1) is 6.92 Å². The second-order valence-corrected chi connectivity index (χ2v) is 4.77. The van der Waals surface area contributed by atoms with Gasteiger partial charge in [0.05, 0.1) is 0 Å². The van der Waals surface area contributed by atoms with E-state index in [-0.39, 0.29) is 0 Å². The standard InChI is InChI=1S/C17H21N/c1-4-13-7-8-14(5-2)17(10-13)16-11-15(18)9-6-12(16)3/h6-11H,4-5,18H2,1-3H3. The van der Waals surface area contributed by atoms with E-state index in [0.29, 0.717) is 0 Å². The van der Waals surface area contributed by atoms with Crippen LogP contribution in [0.15, 0.2) is 36.4 Å². The van der Waals surface area contributed by atoms with Crippen molar-refractivity contribution in [2.75, 3.05) is 5.73 Å². The van der Waals surface area contributed by atoms with Crippen molar-refractivity contribution < 1.29 is 0 Å². The van der Waals surface area contributed by atoms with Gasteiger partial charge in [0, 0.05) is 5.69 Å². The normalized spacial score (nSPS) is 10.6. The van der Waals surface area contributed by atoms with Crippen LogP contribution < -0.4 is 5.73 Å². The molecule has 0 amide bonds. The second-order valence-electron chi connectivity index (χ2n) is 4.77. The lowest BCUT2D eigenvalue weighted by molar-refractivity contribution is 1.10. The van der Waals surface area contributed by atoms with E-state index in [2.05, 4.69) is 51.1 Å². The minimum atomic E-state index is 0.833. The molecular formula is C17H21N. The SMILES string of the molecule is CCc1ccc(CC)c(-c2cc(N)ccc2C)c1. The molecule has 0 aliphatic heterocycles. The molecule has 2 rings (SSSR count). The largest absolute Gasteiger partial charge is 0.399 e. The molecule has 0 unspecified atom stereocenters. The third-order valence-corrected chi connectivity index (χ3v) is 3.52. The fourth-order valence-corrected chi connectivity index (χ4v) is 2.33. The molecule has 0 aliphatic rings. The van der Waals surface area contributed by atoms with Crippen LogP contribution >= 0.6 is 0 Å². The number of hydrogen-bond acceptors (Lipinski definition) is 1. The first kappa shape index (κ1) is 12.7. The first-order valence-electron chi connectivity index (χ1n) is 6.64. The Bertz CT molecular complexity index is 556. The molecule has 0 saturated heterocycles. The van der Waals surface area contributed by atoms with E-state index in [1.807, 2.05) is 6.07 Å². The van der Waals surface area contributed by atoms with Crippen molar-refractivity contribution in [3.05, 3.63) is 53.1 Å². The molecule has 0 bridgehead atoms. The van der Waals surface area contributed by atoms with Gasteiger partial charge in [-0.3, -0.25) is 0 Å². The van der Waals surface area contributed by atoms with Crippen molar-refractivity contribution >= 4 is 5.69 Å². The van der Waals surface area contributed by atoms with Crippen LogP contribution in [-0.2, 0) is 12.8 Å². The third kappa shape index (κ3) is 2.40. The highest BCUT2D eigenvalue weighted by molar-refractivity contribution is 5.74. The molecule has 0 spiro atoms. The van der Waals surface area contributed by atoms with Crippen molar-refractivity contribution in [1.29, 1.82) is 0 Å². The molecule has 0 atom stereocenters. The maximum atomic E-state index is 5.93. The summed E-state index contributed by atoms with van der Waals surface area (Å²) in [6.07, 6.45) is 2.12. The van der Waals surface area contributed by atoms with Crippen molar-refractivity contribution in [1.82, 2.24) is 0 Å². The predicted octanol–water partition coefficient (Wildman–Crippen LogP) is 4.37. The topological polar surface area (TPSA) is 26.0 Å². The number of anilines is 1. The van der Waals surface area contributed by atoms with Crippen molar-refractivity contribution in [3.8, 4) is 11.1 Å². The van der Waals surface area contributed by atoms with Gasteiger partial charge >= 0.3 is 0 Å². The molecule has 0 radical (unpaired) electrons. The lowest BCUT2D eigenvalue weighted by atomic mass is 9.92. The average molecular weight is 239 g/mol. The molecule has 0 aliphatic carbocycles. The number of rotatable bonds is 3. The summed E-state index contributed by atoms with van der Waals surface area (Å²) in [6, 6.07) is 12.9. The number of benzene rings is 2.